The highest BCUT2D eigenvalue weighted by atomic mass is 16.5. The van der Waals surface area contributed by atoms with Gasteiger partial charge in [0.05, 0.1) is 36.6 Å². The number of hydrogen-bond acceptors (Lipinski definition) is 6. The number of aliphatic hydroxyl groups is 1. The number of hydrogen-bond donors (Lipinski definition) is 3. The number of pyridine rings is 1. The Morgan fingerprint density at radius 1 is 1.24 bits per heavy atom. The number of para-hydroxylation sites is 1. The molecule has 0 unspecified atom stereocenters. The minimum absolute atomic E-state index is 0.0408. The maximum absolute atomic E-state index is 12.7. The van der Waals surface area contributed by atoms with E-state index in [2.05, 4.69) is 44.3 Å². The number of nitrogens with one attached hydrogen (secondary N) is 2. The summed E-state index contributed by atoms with van der Waals surface area (Å²) in [6, 6.07) is 13.9. The number of aromatic amines is 2. The molecule has 4 aromatic rings. The van der Waals surface area contributed by atoms with Crippen LogP contribution in [0.2, 0.25) is 0 Å². The van der Waals surface area contributed by atoms with E-state index in [4.69, 9.17) is 4.74 Å². The van der Waals surface area contributed by atoms with Crippen molar-refractivity contribution >= 4 is 16.9 Å². The third kappa shape index (κ3) is 4.25. The van der Waals surface area contributed by atoms with Crippen LogP contribution in [0.5, 0.6) is 0 Å². The summed E-state index contributed by atoms with van der Waals surface area (Å²) in [5.41, 5.74) is 5.13. The molecule has 3 aromatic heterocycles. The van der Waals surface area contributed by atoms with Crippen LogP contribution >= 0.6 is 0 Å². The van der Waals surface area contributed by atoms with Gasteiger partial charge in [-0.25, -0.2) is 0 Å². The molecule has 1 aliphatic heterocycles. The van der Waals surface area contributed by atoms with Crippen molar-refractivity contribution in [1.29, 1.82) is 5.26 Å². The zero-order valence-electron chi connectivity index (χ0n) is 21.4. The van der Waals surface area contributed by atoms with Gasteiger partial charge in [-0.1, -0.05) is 24.3 Å². The number of ether oxygens (including phenoxy) is 1. The predicted molar refractivity (Wildman–Crippen MR) is 141 cm³/mol. The number of likely N-dealkylation sites (tertiary alicyclic amines) is 1. The number of carbonyl (C=O) groups excluding carboxylic acids is 1. The lowest BCUT2D eigenvalue weighted by atomic mass is 9.65. The summed E-state index contributed by atoms with van der Waals surface area (Å²) >= 11 is 0. The van der Waals surface area contributed by atoms with Gasteiger partial charge >= 0.3 is 5.97 Å². The number of piperidine rings is 1. The highest BCUT2D eigenvalue weighted by Gasteiger charge is 2.49. The van der Waals surface area contributed by atoms with Crippen LogP contribution in [0.1, 0.15) is 36.6 Å². The van der Waals surface area contributed by atoms with Gasteiger partial charge in [-0.15, -0.1) is 0 Å². The van der Waals surface area contributed by atoms with Crippen LogP contribution in [0, 0.1) is 29.2 Å². The molecule has 6 rings (SSSR count). The van der Waals surface area contributed by atoms with Crippen molar-refractivity contribution in [1.82, 2.24) is 24.6 Å². The molecule has 0 amide bonds. The lowest BCUT2D eigenvalue weighted by molar-refractivity contribution is -0.159. The quantitative estimate of drug-likeness (QED) is 0.265. The zero-order valence-corrected chi connectivity index (χ0v) is 21.4. The summed E-state index contributed by atoms with van der Waals surface area (Å²) < 4.78 is 7.15. The first-order chi connectivity index (χ1) is 18.6. The largest absolute Gasteiger partial charge is 0.469 e. The molecule has 38 heavy (non-hydrogen) atoms. The first kappa shape index (κ1) is 24.3. The second-order valence-corrected chi connectivity index (χ2v) is 10.5. The molecule has 1 saturated carbocycles. The van der Waals surface area contributed by atoms with E-state index >= 15 is 0 Å². The number of nitriles is 1. The molecule has 2 aliphatic rings. The molecule has 0 bridgehead atoms. The molecule has 4 heterocycles. The van der Waals surface area contributed by atoms with Gasteiger partial charge in [-0.3, -0.25) is 19.6 Å². The number of esters is 1. The van der Waals surface area contributed by atoms with Crippen LogP contribution in [0.4, 0.5) is 0 Å². The fourth-order valence-corrected chi connectivity index (χ4v) is 6.62. The van der Waals surface area contributed by atoms with Gasteiger partial charge in [0.1, 0.15) is 0 Å². The van der Waals surface area contributed by atoms with Gasteiger partial charge in [0.2, 0.25) is 0 Å². The minimum Gasteiger partial charge on any atom is -0.469 e. The van der Waals surface area contributed by atoms with Gasteiger partial charge in [0.15, 0.2) is 6.19 Å². The van der Waals surface area contributed by atoms with Crippen LogP contribution in [0.3, 0.4) is 0 Å². The van der Waals surface area contributed by atoms with Crippen LogP contribution in [-0.4, -0.2) is 55.5 Å². The Bertz CT molecular complexity index is 1450. The molecule has 3 N–H and O–H groups in total. The molecular formula is C29H32N6O3. The molecule has 0 radical (unpaired) electrons. The van der Waals surface area contributed by atoms with E-state index in [1.165, 1.54) is 12.7 Å². The number of aryl methyl sites for hydroxylation is 2. The van der Waals surface area contributed by atoms with Gasteiger partial charge in [-0.05, 0) is 61.3 Å². The second kappa shape index (κ2) is 10.0. The normalized spacial score (nSPS) is 25.2. The number of methoxy groups -OCH3 is 1. The topological polar surface area (TPSA) is 123 Å². The van der Waals surface area contributed by atoms with E-state index in [-0.39, 0.29) is 23.8 Å². The Hall–Kier alpha value is -4.03. The molecular weight excluding hydrogens is 480 g/mol. The highest BCUT2D eigenvalue weighted by Crippen LogP contribution is 2.47. The molecule has 196 valence electrons. The van der Waals surface area contributed by atoms with Crippen LogP contribution < -0.4 is 0 Å². The first-order valence-electron chi connectivity index (χ1n) is 13.3. The van der Waals surface area contributed by atoms with Gasteiger partial charge in [0, 0.05) is 42.1 Å². The Labute approximate surface area is 221 Å². The maximum atomic E-state index is 12.7. The standard InChI is InChI=1S/C29H32N6O3/c1-38-29(37)27-21-14-25(34(17-30)15-18(21)9-10-26(27)36)28-20(19-6-2-3-7-22(19)32-28)11-13-35-16-24(33-35)23-8-4-5-12-31-23/h2-8,12,16,18,21,25-27,32-33,36H,9-11,13-15H2,1H3/t18-,21-,25-,26-,27+/m0/s1. The summed E-state index contributed by atoms with van der Waals surface area (Å²) in [6.45, 7) is 1.32. The third-order valence-corrected chi connectivity index (χ3v) is 8.49. The molecule has 9 nitrogen and oxygen atoms in total. The number of aliphatic hydroxyl groups excluding tert-OH is 1. The van der Waals surface area contributed by atoms with Crippen molar-refractivity contribution in [3.8, 4) is 17.6 Å². The number of rotatable bonds is 6. The number of nitrogens with zero attached hydrogens (tertiary/aromatic N) is 4. The van der Waals surface area contributed by atoms with Gasteiger partial charge < -0.3 is 19.7 Å². The molecule has 1 aliphatic carbocycles. The van der Waals surface area contributed by atoms with Crippen molar-refractivity contribution in [2.45, 2.75) is 44.4 Å². The van der Waals surface area contributed by atoms with Crippen molar-refractivity contribution in [3.05, 3.63) is 66.1 Å². The maximum Gasteiger partial charge on any atom is 0.311 e. The Morgan fingerprint density at radius 3 is 2.82 bits per heavy atom. The number of H-pyrrole nitrogens is 2. The van der Waals surface area contributed by atoms with Crippen molar-refractivity contribution in [2.24, 2.45) is 17.8 Å². The molecule has 9 heteroatoms. The Morgan fingerprint density at radius 2 is 2.05 bits per heavy atom. The molecule has 1 aromatic carbocycles. The van der Waals surface area contributed by atoms with Crippen molar-refractivity contribution < 1.29 is 14.6 Å². The first-order valence-corrected chi connectivity index (χ1v) is 13.3. The molecule has 2 fully saturated rings. The van der Waals surface area contributed by atoms with Gasteiger partial charge in [-0.2, -0.15) is 5.26 Å². The highest BCUT2D eigenvalue weighted by molar-refractivity contribution is 5.85. The van der Waals surface area contributed by atoms with E-state index in [1.807, 2.05) is 35.2 Å². The molecule has 1 saturated heterocycles. The van der Waals surface area contributed by atoms with Crippen LogP contribution in [-0.2, 0) is 22.5 Å². The van der Waals surface area contributed by atoms with Crippen LogP contribution in [0.15, 0.2) is 54.9 Å². The Kier molecular flexibility index (Phi) is 6.42. The smallest absolute Gasteiger partial charge is 0.311 e. The monoisotopic (exact) mass is 512 g/mol. The fraction of sp³-hybridized carbons (Fsp3) is 0.414. The number of aromatic nitrogens is 4. The second-order valence-electron chi connectivity index (χ2n) is 10.5. The third-order valence-electron chi connectivity index (χ3n) is 8.49. The predicted octanol–water partition coefficient (Wildman–Crippen LogP) is 4.01. The number of carbonyl (C=O) groups is 1. The summed E-state index contributed by atoms with van der Waals surface area (Å²) in [5.74, 6) is -0.782. The number of fused-ring (bicyclic) bond motifs is 2. The average molecular weight is 513 g/mol. The summed E-state index contributed by atoms with van der Waals surface area (Å²) in [7, 11) is 1.38. The van der Waals surface area contributed by atoms with E-state index in [9.17, 15) is 15.2 Å². The van der Waals surface area contributed by atoms with E-state index in [0.29, 0.717) is 19.4 Å². The summed E-state index contributed by atoms with van der Waals surface area (Å²) in [5, 5.41) is 25.4. The van der Waals surface area contributed by atoms with Crippen molar-refractivity contribution in [2.75, 3.05) is 13.7 Å². The fourth-order valence-electron chi connectivity index (χ4n) is 6.62. The average Bonchev–Trinajstić information content (AvgIpc) is 3.30. The lowest BCUT2D eigenvalue weighted by Crippen LogP contribution is -2.51. The SMILES string of the molecule is COC(=O)[C@@H]1[C@H]2C[C@@H](c3[nH]c4ccccc4c3CCn3cc(-c4ccccn4)[nH]3)N(C#N)C[C@@H]2CC[C@@H]1O. The van der Waals surface area contributed by atoms with Crippen LogP contribution in [0.25, 0.3) is 22.3 Å². The van der Waals surface area contributed by atoms with E-state index in [0.717, 1.165) is 47.4 Å². The Balaban J connectivity index is 1.30. The van der Waals surface area contributed by atoms with E-state index < -0.39 is 12.0 Å². The number of benzene rings is 1. The summed E-state index contributed by atoms with van der Waals surface area (Å²) in [4.78, 5) is 22.6. The zero-order chi connectivity index (χ0) is 26.2. The minimum atomic E-state index is -0.710. The molecule has 5 atom stereocenters. The lowest BCUT2D eigenvalue weighted by Gasteiger charge is -2.47. The summed E-state index contributed by atoms with van der Waals surface area (Å²) in [6.07, 6.45) is 8.30. The molecule has 0 spiro atoms. The van der Waals surface area contributed by atoms with E-state index in [1.54, 1.807) is 6.20 Å². The van der Waals surface area contributed by atoms with Crippen molar-refractivity contribution in [3.63, 3.8) is 0 Å². The van der Waals surface area contributed by atoms with Gasteiger partial charge in [0.25, 0.3) is 0 Å².